The average Bonchev–Trinajstić information content (AvgIpc) is 2.78. The highest BCUT2D eigenvalue weighted by Crippen LogP contribution is 2.29. The van der Waals surface area contributed by atoms with Gasteiger partial charge in [0.1, 0.15) is 5.65 Å². The molecule has 1 atom stereocenters. The Balaban J connectivity index is 2.28. The number of fused-ring (bicyclic) bond motifs is 1. The normalized spacial score (nSPS) is 12.8. The molecule has 0 fully saturated rings. The highest BCUT2D eigenvalue weighted by molar-refractivity contribution is 6.30. The molecular formula is C15H13ClN2O. The second-order valence-corrected chi connectivity index (χ2v) is 4.89. The fourth-order valence-electron chi connectivity index (χ4n) is 2.23. The smallest absolute Gasteiger partial charge is 0.137 e. The average molecular weight is 273 g/mol. The first-order valence-electron chi connectivity index (χ1n) is 6.08. The minimum absolute atomic E-state index is 0.594. The van der Waals surface area contributed by atoms with E-state index in [1.807, 2.05) is 53.1 Å². The van der Waals surface area contributed by atoms with Gasteiger partial charge in [-0.2, -0.15) is 0 Å². The lowest BCUT2D eigenvalue weighted by Crippen LogP contribution is -1.99. The maximum Gasteiger partial charge on any atom is 0.137 e. The van der Waals surface area contributed by atoms with Crippen LogP contribution in [0.5, 0.6) is 0 Å². The van der Waals surface area contributed by atoms with E-state index in [-0.39, 0.29) is 0 Å². The Hall–Kier alpha value is -1.84. The van der Waals surface area contributed by atoms with Gasteiger partial charge in [-0.05, 0) is 31.2 Å². The molecule has 2 aromatic heterocycles. The zero-order valence-corrected chi connectivity index (χ0v) is 11.2. The third-order valence-corrected chi connectivity index (χ3v) is 3.33. The zero-order chi connectivity index (χ0) is 13.4. The van der Waals surface area contributed by atoms with Crippen molar-refractivity contribution in [2.45, 2.75) is 13.0 Å². The maximum absolute atomic E-state index is 10.0. The number of aliphatic hydroxyl groups excluding tert-OH is 1. The van der Waals surface area contributed by atoms with Crippen LogP contribution < -0.4 is 0 Å². The third kappa shape index (κ3) is 2.11. The fourth-order valence-corrected chi connectivity index (χ4v) is 2.36. The van der Waals surface area contributed by atoms with Crippen molar-refractivity contribution in [3.8, 4) is 11.3 Å². The van der Waals surface area contributed by atoms with E-state index in [9.17, 15) is 5.11 Å². The van der Waals surface area contributed by atoms with E-state index in [4.69, 9.17) is 11.6 Å². The largest absolute Gasteiger partial charge is 0.387 e. The molecule has 19 heavy (non-hydrogen) atoms. The molecule has 1 unspecified atom stereocenters. The topological polar surface area (TPSA) is 37.5 Å². The zero-order valence-electron chi connectivity index (χ0n) is 10.4. The van der Waals surface area contributed by atoms with Crippen molar-refractivity contribution in [2.75, 3.05) is 0 Å². The molecule has 96 valence electrons. The van der Waals surface area contributed by atoms with Crippen LogP contribution in [0.1, 0.15) is 18.7 Å². The van der Waals surface area contributed by atoms with Crippen LogP contribution in [0, 0.1) is 0 Å². The van der Waals surface area contributed by atoms with Crippen LogP contribution in [0.4, 0.5) is 0 Å². The summed E-state index contributed by atoms with van der Waals surface area (Å²) >= 11 is 5.91. The maximum atomic E-state index is 10.0. The van der Waals surface area contributed by atoms with E-state index in [1.165, 1.54) is 0 Å². The van der Waals surface area contributed by atoms with Crippen molar-refractivity contribution in [3.05, 3.63) is 59.4 Å². The van der Waals surface area contributed by atoms with Crippen LogP contribution in [-0.2, 0) is 0 Å². The van der Waals surface area contributed by atoms with Crippen molar-refractivity contribution in [2.24, 2.45) is 0 Å². The summed E-state index contributed by atoms with van der Waals surface area (Å²) < 4.78 is 1.91. The van der Waals surface area contributed by atoms with Crippen molar-refractivity contribution in [1.82, 2.24) is 9.38 Å². The van der Waals surface area contributed by atoms with Crippen LogP contribution in [0.15, 0.2) is 48.7 Å². The number of pyridine rings is 1. The number of hydrogen-bond acceptors (Lipinski definition) is 2. The van der Waals surface area contributed by atoms with Gasteiger partial charge in [0.15, 0.2) is 0 Å². The van der Waals surface area contributed by atoms with E-state index in [0.29, 0.717) is 5.02 Å². The van der Waals surface area contributed by atoms with E-state index in [0.717, 1.165) is 22.6 Å². The van der Waals surface area contributed by atoms with E-state index >= 15 is 0 Å². The number of benzene rings is 1. The summed E-state index contributed by atoms with van der Waals surface area (Å²) in [4.78, 5) is 4.59. The van der Waals surface area contributed by atoms with Gasteiger partial charge in [0.25, 0.3) is 0 Å². The van der Waals surface area contributed by atoms with Gasteiger partial charge < -0.3 is 9.51 Å². The summed E-state index contributed by atoms with van der Waals surface area (Å²) in [7, 11) is 0. The van der Waals surface area contributed by atoms with Crippen molar-refractivity contribution < 1.29 is 5.11 Å². The van der Waals surface area contributed by atoms with Gasteiger partial charge in [0.05, 0.1) is 17.5 Å². The molecule has 4 heteroatoms. The van der Waals surface area contributed by atoms with E-state index in [1.54, 1.807) is 6.92 Å². The predicted molar refractivity (Wildman–Crippen MR) is 76.3 cm³/mol. The Bertz CT molecular complexity index is 717. The van der Waals surface area contributed by atoms with Crippen LogP contribution in [0.3, 0.4) is 0 Å². The predicted octanol–water partition coefficient (Wildman–Crippen LogP) is 3.71. The lowest BCUT2D eigenvalue weighted by Gasteiger charge is -2.07. The number of aromatic nitrogens is 2. The summed E-state index contributed by atoms with van der Waals surface area (Å²) in [5.74, 6) is 0. The summed E-state index contributed by atoms with van der Waals surface area (Å²) in [5.41, 5.74) is 3.35. The molecule has 0 aliphatic rings. The molecule has 1 aromatic carbocycles. The molecule has 2 heterocycles. The minimum atomic E-state index is -0.594. The Morgan fingerprint density at radius 2 is 1.89 bits per heavy atom. The van der Waals surface area contributed by atoms with Gasteiger partial charge in [0, 0.05) is 16.8 Å². The van der Waals surface area contributed by atoms with Crippen molar-refractivity contribution in [1.29, 1.82) is 0 Å². The Labute approximate surface area is 116 Å². The van der Waals surface area contributed by atoms with Crippen LogP contribution in [0.25, 0.3) is 16.9 Å². The minimum Gasteiger partial charge on any atom is -0.387 e. The Morgan fingerprint density at radius 1 is 1.16 bits per heavy atom. The number of nitrogens with zero attached hydrogens (tertiary/aromatic N) is 2. The first-order valence-corrected chi connectivity index (χ1v) is 6.45. The Morgan fingerprint density at radius 3 is 2.58 bits per heavy atom. The third-order valence-electron chi connectivity index (χ3n) is 3.08. The molecule has 0 aliphatic heterocycles. The standard InChI is InChI=1S/C15H13ClN2O/c1-10(19)15-14(11-5-7-12(16)8-6-11)17-13-4-2-3-9-18(13)15/h2-10,19H,1H3. The van der Waals surface area contributed by atoms with Gasteiger partial charge in [-0.3, -0.25) is 0 Å². The molecular weight excluding hydrogens is 260 g/mol. The van der Waals surface area contributed by atoms with Gasteiger partial charge in [-0.25, -0.2) is 4.98 Å². The van der Waals surface area contributed by atoms with E-state index in [2.05, 4.69) is 4.98 Å². The molecule has 3 aromatic rings. The fraction of sp³-hybridized carbons (Fsp3) is 0.133. The molecule has 0 amide bonds. The van der Waals surface area contributed by atoms with Crippen molar-refractivity contribution >= 4 is 17.2 Å². The molecule has 0 aliphatic carbocycles. The second-order valence-electron chi connectivity index (χ2n) is 4.46. The number of aliphatic hydroxyl groups is 1. The number of imidazole rings is 1. The first-order chi connectivity index (χ1) is 9.16. The van der Waals surface area contributed by atoms with Crippen LogP contribution in [0.2, 0.25) is 5.02 Å². The van der Waals surface area contributed by atoms with Gasteiger partial charge >= 0.3 is 0 Å². The molecule has 1 N–H and O–H groups in total. The highest BCUT2D eigenvalue weighted by Gasteiger charge is 2.17. The molecule has 0 saturated heterocycles. The van der Waals surface area contributed by atoms with Crippen molar-refractivity contribution in [3.63, 3.8) is 0 Å². The lowest BCUT2D eigenvalue weighted by atomic mass is 10.1. The van der Waals surface area contributed by atoms with Crippen LogP contribution >= 0.6 is 11.6 Å². The quantitative estimate of drug-likeness (QED) is 0.772. The SMILES string of the molecule is CC(O)c1c(-c2ccc(Cl)cc2)nc2ccccn12. The summed E-state index contributed by atoms with van der Waals surface area (Å²) in [6.45, 7) is 1.75. The Kier molecular flexibility index (Phi) is 3.01. The van der Waals surface area contributed by atoms with Gasteiger partial charge in [0.2, 0.25) is 0 Å². The number of hydrogen-bond donors (Lipinski definition) is 1. The van der Waals surface area contributed by atoms with Gasteiger partial charge in [-0.1, -0.05) is 29.8 Å². The second kappa shape index (κ2) is 4.68. The molecule has 0 saturated carbocycles. The summed E-state index contributed by atoms with van der Waals surface area (Å²) in [5, 5.41) is 10.7. The molecule has 0 radical (unpaired) electrons. The monoisotopic (exact) mass is 272 g/mol. The molecule has 0 spiro atoms. The molecule has 3 nitrogen and oxygen atoms in total. The first kappa shape index (κ1) is 12.2. The number of halogens is 1. The van der Waals surface area contributed by atoms with E-state index < -0.39 is 6.10 Å². The number of rotatable bonds is 2. The van der Waals surface area contributed by atoms with Gasteiger partial charge in [-0.15, -0.1) is 0 Å². The summed E-state index contributed by atoms with van der Waals surface area (Å²) in [6, 6.07) is 13.3. The highest BCUT2D eigenvalue weighted by atomic mass is 35.5. The summed E-state index contributed by atoms with van der Waals surface area (Å²) in [6.07, 6.45) is 1.31. The van der Waals surface area contributed by atoms with Crippen LogP contribution in [-0.4, -0.2) is 14.5 Å². The lowest BCUT2D eigenvalue weighted by molar-refractivity contribution is 0.194. The molecule has 3 rings (SSSR count). The molecule has 0 bridgehead atoms.